The predicted molar refractivity (Wildman–Crippen MR) is 119 cm³/mol. The van der Waals surface area contributed by atoms with E-state index in [2.05, 4.69) is 40.6 Å². The second-order valence-electron chi connectivity index (χ2n) is 7.28. The van der Waals surface area contributed by atoms with Gasteiger partial charge in [-0.3, -0.25) is 4.79 Å². The number of ether oxygens (including phenoxy) is 1. The van der Waals surface area contributed by atoms with Crippen molar-refractivity contribution in [1.29, 1.82) is 0 Å². The Kier molecular flexibility index (Phi) is 6.38. The molecule has 0 unspecified atom stereocenters. The summed E-state index contributed by atoms with van der Waals surface area (Å²) >= 11 is 1.43. The van der Waals surface area contributed by atoms with Gasteiger partial charge in [0, 0.05) is 12.1 Å². The highest BCUT2D eigenvalue weighted by Gasteiger charge is 2.22. The molecule has 3 aromatic rings. The van der Waals surface area contributed by atoms with Gasteiger partial charge in [0.1, 0.15) is 5.75 Å². The number of amides is 1. The van der Waals surface area contributed by atoms with Crippen molar-refractivity contribution in [2.24, 2.45) is 0 Å². The zero-order valence-corrected chi connectivity index (χ0v) is 18.1. The summed E-state index contributed by atoms with van der Waals surface area (Å²) in [6.45, 7) is 2.79. The van der Waals surface area contributed by atoms with Gasteiger partial charge in [-0.1, -0.05) is 36.0 Å². The van der Waals surface area contributed by atoms with E-state index >= 15 is 0 Å². The lowest BCUT2D eigenvalue weighted by molar-refractivity contribution is -0.119. The van der Waals surface area contributed by atoms with E-state index in [1.807, 2.05) is 34.9 Å². The fraction of sp³-hybridized carbons (Fsp3) is 0.348. The fourth-order valence-corrected chi connectivity index (χ4v) is 4.72. The van der Waals surface area contributed by atoms with Crippen LogP contribution in [0, 0.1) is 0 Å². The van der Waals surface area contributed by atoms with Crippen molar-refractivity contribution in [1.82, 2.24) is 20.1 Å². The van der Waals surface area contributed by atoms with Crippen LogP contribution in [0.4, 0.5) is 0 Å². The monoisotopic (exact) mass is 422 g/mol. The first-order chi connectivity index (χ1) is 14.7. The van der Waals surface area contributed by atoms with Crippen LogP contribution in [0.2, 0.25) is 0 Å². The Balaban J connectivity index is 1.41. The summed E-state index contributed by atoms with van der Waals surface area (Å²) in [6.07, 6.45) is 3.18. The van der Waals surface area contributed by atoms with Crippen LogP contribution < -0.4 is 10.1 Å². The summed E-state index contributed by atoms with van der Waals surface area (Å²) in [5.74, 6) is 1.94. The normalized spacial score (nSPS) is 15.5. The van der Waals surface area contributed by atoms with Crippen molar-refractivity contribution in [2.45, 2.75) is 43.9 Å². The van der Waals surface area contributed by atoms with Crippen LogP contribution in [0.1, 0.15) is 36.9 Å². The van der Waals surface area contributed by atoms with Gasteiger partial charge in [0.05, 0.1) is 18.9 Å². The maximum absolute atomic E-state index is 12.6. The molecule has 1 aromatic heterocycles. The Morgan fingerprint density at radius 2 is 2.00 bits per heavy atom. The standard InChI is InChI=1S/C23H26N4O2S/c1-3-27-22(17-11-13-18(29-2)14-12-17)25-26-23(27)30-15-21(28)24-20-10-6-8-16-7-4-5-9-19(16)20/h4-5,7,9,11-14,20H,3,6,8,10,15H2,1-2H3,(H,24,28)/t20-/m0/s1. The van der Waals surface area contributed by atoms with E-state index in [1.165, 1.54) is 22.9 Å². The van der Waals surface area contributed by atoms with Crippen molar-refractivity contribution in [3.05, 3.63) is 59.7 Å². The van der Waals surface area contributed by atoms with Gasteiger partial charge < -0.3 is 14.6 Å². The third-order valence-corrected chi connectivity index (χ3v) is 6.39. The summed E-state index contributed by atoms with van der Waals surface area (Å²) in [5.41, 5.74) is 3.57. The molecule has 0 saturated heterocycles. The minimum absolute atomic E-state index is 0.0263. The van der Waals surface area contributed by atoms with E-state index in [4.69, 9.17) is 4.74 Å². The summed E-state index contributed by atoms with van der Waals surface area (Å²) in [6, 6.07) is 16.3. The number of thioether (sulfide) groups is 1. The predicted octanol–water partition coefficient (Wildman–Crippen LogP) is 4.26. The Labute approximate surface area is 181 Å². The minimum Gasteiger partial charge on any atom is -0.497 e. The number of hydrogen-bond acceptors (Lipinski definition) is 5. The van der Waals surface area contributed by atoms with E-state index in [-0.39, 0.29) is 11.9 Å². The zero-order chi connectivity index (χ0) is 20.9. The Morgan fingerprint density at radius 3 is 2.77 bits per heavy atom. The number of aryl methyl sites for hydroxylation is 1. The number of rotatable bonds is 7. The van der Waals surface area contributed by atoms with E-state index in [0.717, 1.165) is 48.1 Å². The molecule has 0 aliphatic heterocycles. The number of nitrogens with one attached hydrogen (secondary N) is 1. The molecule has 4 rings (SSSR count). The van der Waals surface area contributed by atoms with Crippen LogP contribution in [0.15, 0.2) is 53.7 Å². The number of nitrogens with zero attached hydrogens (tertiary/aromatic N) is 3. The Morgan fingerprint density at radius 1 is 1.20 bits per heavy atom. The SMILES string of the molecule is CCn1c(SCC(=O)N[C@H]2CCCc3ccccc32)nnc1-c1ccc(OC)cc1. The maximum Gasteiger partial charge on any atom is 0.230 e. The first-order valence-electron chi connectivity index (χ1n) is 10.3. The zero-order valence-electron chi connectivity index (χ0n) is 17.3. The number of fused-ring (bicyclic) bond motifs is 1. The number of hydrogen-bond donors (Lipinski definition) is 1. The smallest absolute Gasteiger partial charge is 0.230 e. The van der Waals surface area contributed by atoms with Crippen LogP contribution >= 0.6 is 11.8 Å². The highest BCUT2D eigenvalue weighted by atomic mass is 32.2. The van der Waals surface area contributed by atoms with Gasteiger partial charge in [-0.05, 0) is 61.6 Å². The molecule has 156 valence electrons. The van der Waals surface area contributed by atoms with Gasteiger partial charge in [0.2, 0.25) is 5.91 Å². The molecule has 1 aliphatic rings. The molecule has 1 amide bonds. The van der Waals surface area contributed by atoms with Crippen LogP contribution in [-0.2, 0) is 17.8 Å². The molecule has 0 saturated carbocycles. The molecular weight excluding hydrogens is 396 g/mol. The van der Waals surface area contributed by atoms with E-state index in [0.29, 0.717) is 5.75 Å². The van der Waals surface area contributed by atoms with E-state index < -0.39 is 0 Å². The summed E-state index contributed by atoms with van der Waals surface area (Å²) in [5, 5.41) is 12.6. The van der Waals surface area contributed by atoms with Crippen molar-refractivity contribution >= 4 is 17.7 Å². The Bertz CT molecular complexity index is 1020. The second-order valence-corrected chi connectivity index (χ2v) is 8.22. The number of methoxy groups -OCH3 is 1. The molecule has 30 heavy (non-hydrogen) atoms. The molecule has 0 bridgehead atoms. The Hall–Kier alpha value is -2.80. The molecule has 7 heteroatoms. The molecule has 1 atom stereocenters. The van der Waals surface area contributed by atoms with Gasteiger partial charge in [0.15, 0.2) is 11.0 Å². The summed E-state index contributed by atoms with van der Waals surface area (Å²) in [4.78, 5) is 12.6. The molecule has 0 spiro atoms. The molecule has 1 aliphatic carbocycles. The largest absolute Gasteiger partial charge is 0.497 e. The lowest BCUT2D eigenvalue weighted by Gasteiger charge is -2.26. The van der Waals surface area contributed by atoms with Gasteiger partial charge in [0.25, 0.3) is 0 Å². The first-order valence-corrected chi connectivity index (χ1v) is 11.3. The van der Waals surface area contributed by atoms with Gasteiger partial charge in [-0.2, -0.15) is 0 Å². The highest BCUT2D eigenvalue weighted by molar-refractivity contribution is 7.99. The summed E-state index contributed by atoms with van der Waals surface area (Å²) < 4.78 is 7.26. The molecule has 2 aromatic carbocycles. The quantitative estimate of drug-likeness (QED) is 0.576. The third kappa shape index (κ3) is 4.36. The maximum atomic E-state index is 12.6. The van der Waals surface area contributed by atoms with Crippen molar-refractivity contribution in [3.8, 4) is 17.1 Å². The van der Waals surface area contributed by atoms with Crippen LogP contribution in [0.3, 0.4) is 0 Å². The number of aromatic nitrogens is 3. The van der Waals surface area contributed by atoms with Gasteiger partial charge in [-0.25, -0.2) is 0 Å². The number of benzene rings is 2. The van der Waals surface area contributed by atoms with Crippen molar-refractivity contribution in [3.63, 3.8) is 0 Å². The fourth-order valence-electron chi connectivity index (χ4n) is 3.90. The average molecular weight is 423 g/mol. The van der Waals surface area contributed by atoms with Crippen molar-refractivity contribution < 1.29 is 9.53 Å². The van der Waals surface area contributed by atoms with E-state index in [9.17, 15) is 4.79 Å². The molecular formula is C23H26N4O2S. The summed E-state index contributed by atoms with van der Waals surface area (Å²) in [7, 11) is 1.65. The van der Waals surface area contributed by atoms with Crippen LogP contribution in [0.5, 0.6) is 5.75 Å². The average Bonchev–Trinajstić information content (AvgIpc) is 3.21. The molecule has 0 radical (unpaired) electrons. The van der Waals surface area contributed by atoms with Crippen LogP contribution in [-0.4, -0.2) is 33.5 Å². The van der Waals surface area contributed by atoms with E-state index in [1.54, 1.807) is 7.11 Å². The number of carbonyl (C=O) groups is 1. The highest BCUT2D eigenvalue weighted by Crippen LogP contribution is 2.30. The molecule has 0 fully saturated rings. The number of carbonyl (C=O) groups excluding carboxylic acids is 1. The topological polar surface area (TPSA) is 69.0 Å². The van der Waals surface area contributed by atoms with Gasteiger partial charge >= 0.3 is 0 Å². The van der Waals surface area contributed by atoms with Gasteiger partial charge in [-0.15, -0.1) is 10.2 Å². The molecule has 1 N–H and O–H groups in total. The third-order valence-electron chi connectivity index (χ3n) is 5.42. The first kappa shape index (κ1) is 20.5. The second kappa shape index (κ2) is 9.34. The van der Waals surface area contributed by atoms with Crippen molar-refractivity contribution in [2.75, 3.05) is 12.9 Å². The lowest BCUT2D eigenvalue weighted by Crippen LogP contribution is -2.32. The molecule has 6 nitrogen and oxygen atoms in total. The minimum atomic E-state index is 0.0263. The lowest BCUT2D eigenvalue weighted by atomic mass is 9.88. The van der Waals surface area contributed by atoms with Crippen LogP contribution in [0.25, 0.3) is 11.4 Å². The molecule has 1 heterocycles.